The maximum Gasteiger partial charge on any atom is -0.0308 e. The average Bonchev–Trinajstić information content (AvgIpc) is 3.17. The molecule has 0 N–H and O–H groups in total. The van der Waals surface area contributed by atoms with Crippen molar-refractivity contribution >= 4 is 0 Å². The Morgan fingerprint density at radius 1 is 0.418 bits per heavy atom. The van der Waals surface area contributed by atoms with Crippen LogP contribution in [-0.4, -0.2) is 0 Å². The Hall–Kier alpha value is 0. The SMILES string of the molecule is CC(C)C.CCC(C)(C)C.CCC(C)(C)C1CCCCC1.CCC(C)(C)CC.CCC(C)C.CCC(C)CC.CCC(CC)(CC)CC.CCCC(C)CC. The van der Waals surface area contributed by atoms with Crippen LogP contribution in [0.2, 0.25) is 0 Å². The van der Waals surface area contributed by atoms with E-state index in [1.54, 1.807) is 0 Å². The lowest BCUT2D eigenvalue weighted by Crippen LogP contribution is -2.25. The molecule has 344 valence electrons. The van der Waals surface area contributed by atoms with Gasteiger partial charge >= 0.3 is 0 Å². The predicted molar refractivity (Wildman–Crippen MR) is 268 cm³/mol. The van der Waals surface area contributed by atoms with Gasteiger partial charge in [-0.15, -0.1) is 0 Å². The first kappa shape index (κ1) is 69.6. The molecule has 0 saturated heterocycles. The Bertz CT molecular complexity index is 616. The van der Waals surface area contributed by atoms with E-state index < -0.39 is 0 Å². The monoisotopic (exact) mass is 785 g/mol. The summed E-state index contributed by atoms with van der Waals surface area (Å²) >= 11 is 0. The smallest absolute Gasteiger partial charge is 0.0308 e. The fourth-order valence-corrected chi connectivity index (χ4v) is 4.91. The van der Waals surface area contributed by atoms with Gasteiger partial charge in [0.05, 0.1) is 0 Å². The molecule has 0 radical (unpaired) electrons. The lowest BCUT2D eigenvalue weighted by molar-refractivity contribution is 0.152. The van der Waals surface area contributed by atoms with Crippen molar-refractivity contribution in [2.24, 2.45) is 51.2 Å². The van der Waals surface area contributed by atoms with Gasteiger partial charge in [-0.3, -0.25) is 0 Å². The summed E-state index contributed by atoms with van der Waals surface area (Å²) in [7, 11) is 0. The normalized spacial score (nSPS) is 13.6. The van der Waals surface area contributed by atoms with Crippen LogP contribution in [0.1, 0.15) is 309 Å². The minimum atomic E-state index is 0.542. The van der Waals surface area contributed by atoms with Crippen LogP contribution in [0.15, 0.2) is 0 Å². The fourth-order valence-electron chi connectivity index (χ4n) is 4.91. The second kappa shape index (κ2) is 45.1. The Balaban J connectivity index is -0.0000000976. The van der Waals surface area contributed by atoms with Gasteiger partial charge in [0.1, 0.15) is 0 Å². The van der Waals surface area contributed by atoms with E-state index in [4.69, 9.17) is 0 Å². The summed E-state index contributed by atoms with van der Waals surface area (Å²) in [4.78, 5) is 0. The second-order valence-electron chi connectivity index (χ2n) is 21.1. The Morgan fingerprint density at radius 2 is 0.727 bits per heavy atom. The molecule has 0 bridgehead atoms. The molecule has 1 unspecified atom stereocenters. The summed E-state index contributed by atoms with van der Waals surface area (Å²) in [5.74, 6) is 4.62. The summed E-state index contributed by atoms with van der Waals surface area (Å²) in [6.07, 6.45) is 26.0. The van der Waals surface area contributed by atoms with Gasteiger partial charge < -0.3 is 0 Å². The van der Waals surface area contributed by atoms with Gasteiger partial charge in [0.25, 0.3) is 0 Å². The predicted octanol–water partition coefficient (Wildman–Crippen LogP) is 21.9. The van der Waals surface area contributed by atoms with Crippen LogP contribution in [0, 0.1) is 51.2 Å². The molecule has 0 nitrogen and oxygen atoms in total. The highest BCUT2D eigenvalue weighted by Gasteiger charge is 2.28. The van der Waals surface area contributed by atoms with Crippen molar-refractivity contribution in [2.75, 3.05) is 0 Å². The summed E-state index contributed by atoms with van der Waals surface area (Å²) in [5.41, 5.74) is 2.40. The number of hydrogen-bond acceptors (Lipinski definition) is 0. The van der Waals surface area contributed by atoms with E-state index in [-0.39, 0.29) is 0 Å². The largest absolute Gasteiger partial charge is 0.0654 e. The first-order chi connectivity index (χ1) is 25.2. The molecule has 1 rings (SSSR count). The summed E-state index contributed by atoms with van der Waals surface area (Å²) in [6.45, 7) is 61.1. The van der Waals surface area contributed by atoms with Crippen LogP contribution in [0.25, 0.3) is 0 Å². The van der Waals surface area contributed by atoms with Crippen LogP contribution >= 0.6 is 0 Å². The van der Waals surface area contributed by atoms with E-state index in [2.05, 4.69) is 187 Å². The van der Waals surface area contributed by atoms with E-state index >= 15 is 0 Å². The standard InChI is InChI=1S/C11H22.C9H20.2C7H16.2C6H14.C5H12.C4H10/c1-4-11(2,3)10-8-6-5-7-9-10;1-5-9(6-2,7-3)8-4;1-5-7(3,4)6-2;1-4-6-7(3)5-2;1-5-6(2,3)4;1-4-6(3)5-2;1-4-5(2)3;1-4(2)3/h10H,4-9H2,1-3H3;5-8H2,1-4H3;5-6H2,1-4H3;7H,4-6H2,1-3H3;5H2,1-4H3;6H,4-5H2,1-3H3;5H,4H2,1-3H3;4H,1-3H3. The highest BCUT2D eigenvalue weighted by molar-refractivity contribution is 4.79. The quantitative estimate of drug-likeness (QED) is 0.165. The molecule has 0 spiro atoms. The molecule has 0 heteroatoms. The van der Waals surface area contributed by atoms with Gasteiger partial charge in [-0.1, -0.05) is 296 Å². The molecule has 1 fully saturated rings. The fraction of sp³-hybridized carbons (Fsp3) is 1.00. The third-order valence-electron chi connectivity index (χ3n) is 13.3. The zero-order chi connectivity index (χ0) is 45.3. The van der Waals surface area contributed by atoms with Crippen LogP contribution in [-0.2, 0) is 0 Å². The third-order valence-corrected chi connectivity index (χ3v) is 13.3. The molecular formula is C55H124. The zero-order valence-corrected chi connectivity index (χ0v) is 45.3. The van der Waals surface area contributed by atoms with E-state index in [0.717, 1.165) is 29.6 Å². The molecule has 1 saturated carbocycles. The van der Waals surface area contributed by atoms with Crippen molar-refractivity contribution in [3.8, 4) is 0 Å². The van der Waals surface area contributed by atoms with Gasteiger partial charge in [-0.2, -0.15) is 0 Å². The van der Waals surface area contributed by atoms with Gasteiger partial charge in [-0.05, 0) is 64.1 Å². The van der Waals surface area contributed by atoms with Crippen molar-refractivity contribution in [3.63, 3.8) is 0 Å². The average molecular weight is 786 g/mol. The summed E-state index contributed by atoms with van der Waals surface area (Å²) in [5, 5.41) is 0. The molecule has 1 aliphatic carbocycles. The molecular weight excluding hydrogens is 661 g/mol. The van der Waals surface area contributed by atoms with Crippen molar-refractivity contribution in [3.05, 3.63) is 0 Å². The number of hydrogen-bond donors (Lipinski definition) is 0. The molecule has 1 atom stereocenters. The van der Waals surface area contributed by atoms with E-state index in [9.17, 15) is 0 Å². The molecule has 1 aliphatic rings. The minimum Gasteiger partial charge on any atom is -0.0654 e. The lowest BCUT2D eigenvalue weighted by Gasteiger charge is -2.36. The summed E-state index contributed by atoms with van der Waals surface area (Å²) in [6, 6.07) is 0. The highest BCUT2D eigenvalue weighted by atomic mass is 14.3. The Kier molecular flexibility index (Phi) is 57.1. The van der Waals surface area contributed by atoms with E-state index in [0.29, 0.717) is 21.7 Å². The molecule has 0 aromatic heterocycles. The van der Waals surface area contributed by atoms with Crippen molar-refractivity contribution < 1.29 is 0 Å². The molecule has 55 heavy (non-hydrogen) atoms. The van der Waals surface area contributed by atoms with Crippen molar-refractivity contribution in [1.82, 2.24) is 0 Å². The highest BCUT2D eigenvalue weighted by Crippen LogP contribution is 2.40. The molecule has 0 aromatic carbocycles. The van der Waals surface area contributed by atoms with Gasteiger partial charge in [0, 0.05) is 0 Å². The van der Waals surface area contributed by atoms with Gasteiger partial charge in [-0.25, -0.2) is 0 Å². The van der Waals surface area contributed by atoms with Crippen LogP contribution in [0.3, 0.4) is 0 Å². The van der Waals surface area contributed by atoms with Crippen LogP contribution in [0.4, 0.5) is 0 Å². The van der Waals surface area contributed by atoms with Gasteiger partial charge in [0.15, 0.2) is 0 Å². The molecule has 0 aromatic rings. The molecule has 0 aliphatic heterocycles. The third kappa shape index (κ3) is 60.8. The van der Waals surface area contributed by atoms with E-state index in [1.165, 1.54) is 122 Å². The van der Waals surface area contributed by atoms with Gasteiger partial charge in [0.2, 0.25) is 0 Å². The maximum atomic E-state index is 2.43. The van der Waals surface area contributed by atoms with Crippen LogP contribution < -0.4 is 0 Å². The summed E-state index contributed by atoms with van der Waals surface area (Å²) < 4.78 is 0. The van der Waals surface area contributed by atoms with Crippen molar-refractivity contribution in [2.45, 2.75) is 309 Å². The number of rotatable bonds is 14. The first-order valence-corrected chi connectivity index (χ1v) is 25.2. The van der Waals surface area contributed by atoms with E-state index in [1.807, 2.05) is 0 Å². The Labute approximate surface area is 358 Å². The Morgan fingerprint density at radius 3 is 0.836 bits per heavy atom. The molecule has 0 amide bonds. The minimum absolute atomic E-state index is 0.542. The van der Waals surface area contributed by atoms with Crippen LogP contribution in [0.5, 0.6) is 0 Å². The second-order valence-corrected chi connectivity index (χ2v) is 21.1. The first-order valence-electron chi connectivity index (χ1n) is 25.2. The lowest BCUT2D eigenvalue weighted by atomic mass is 9.70. The maximum absolute atomic E-state index is 2.43. The molecule has 0 heterocycles. The zero-order valence-electron chi connectivity index (χ0n) is 45.3. The van der Waals surface area contributed by atoms with Crippen molar-refractivity contribution in [1.29, 1.82) is 0 Å². The topological polar surface area (TPSA) is 0 Å².